The van der Waals surface area contributed by atoms with Crippen LogP contribution in [-0.2, 0) is 12.8 Å². The Hall–Kier alpha value is -2.38. The minimum Gasteiger partial charge on any atom is -1.00 e. The van der Waals surface area contributed by atoms with Crippen molar-refractivity contribution in [2.75, 3.05) is 0 Å². The first-order valence-corrected chi connectivity index (χ1v) is 8.58. The maximum Gasteiger partial charge on any atom is 0.201 e. The van der Waals surface area contributed by atoms with Crippen LogP contribution in [0.2, 0.25) is 0 Å². The highest BCUT2D eigenvalue weighted by Crippen LogP contribution is 2.13. The molecule has 1 aromatic heterocycles. The van der Waals surface area contributed by atoms with Gasteiger partial charge in [0.05, 0.1) is 0 Å². The van der Waals surface area contributed by atoms with Gasteiger partial charge in [-0.3, -0.25) is 0 Å². The van der Waals surface area contributed by atoms with E-state index in [1.807, 2.05) is 12.1 Å². The van der Waals surface area contributed by atoms with E-state index in [1.54, 1.807) is 0 Å². The molecule has 1 atom stereocenters. The molecule has 25 heavy (non-hydrogen) atoms. The number of aryl methyl sites for hydroxylation is 2. The number of halogens is 1. The maximum atomic E-state index is 4.00. The minimum absolute atomic E-state index is 0. The van der Waals surface area contributed by atoms with Crippen LogP contribution in [0.3, 0.4) is 0 Å². The van der Waals surface area contributed by atoms with Gasteiger partial charge in [0.2, 0.25) is 6.04 Å². The van der Waals surface area contributed by atoms with Crippen molar-refractivity contribution in [3.8, 4) is 0 Å². The van der Waals surface area contributed by atoms with Crippen LogP contribution in [0.5, 0.6) is 0 Å². The molecule has 0 fully saturated rings. The summed E-state index contributed by atoms with van der Waals surface area (Å²) >= 11 is 0. The van der Waals surface area contributed by atoms with Crippen LogP contribution >= 0.6 is 0 Å². The van der Waals surface area contributed by atoms with E-state index in [-0.39, 0.29) is 18.4 Å². The largest absolute Gasteiger partial charge is 1.00 e. The summed E-state index contributed by atoms with van der Waals surface area (Å²) in [6.45, 7) is 4.00. The van der Waals surface area contributed by atoms with Crippen LogP contribution in [0.1, 0.15) is 29.2 Å². The Bertz CT molecular complexity index is 751. The standard InChI is InChI=1S/C23H24N.ClH/c1-2-23(22-14-7-4-8-15-22)24-18-16-21(17-19-24)13-9-12-20-10-5-3-6-11-20;/h2-8,10-11,14-19,23H,1,9,12-13H2;1H/q+1;/p-1. The summed E-state index contributed by atoms with van der Waals surface area (Å²) in [5.74, 6) is 0. The van der Waals surface area contributed by atoms with E-state index in [0.717, 1.165) is 12.8 Å². The monoisotopic (exact) mass is 349 g/mol. The van der Waals surface area contributed by atoms with E-state index in [4.69, 9.17) is 0 Å². The average molecular weight is 350 g/mol. The molecule has 0 saturated carbocycles. The van der Waals surface area contributed by atoms with E-state index < -0.39 is 0 Å². The smallest absolute Gasteiger partial charge is 0.201 e. The Morgan fingerprint density at radius 3 is 1.84 bits per heavy atom. The Kier molecular flexibility index (Phi) is 7.43. The summed E-state index contributed by atoms with van der Waals surface area (Å²) in [6.07, 6.45) is 9.74. The topological polar surface area (TPSA) is 3.88 Å². The Morgan fingerprint density at radius 1 is 0.760 bits per heavy atom. The molecule has 0 aliphatic rings. The van der Waals surface area contributed by atoms with Crippen molar-refractivity contribution in [3.63, 3.8) is 0 Å². The quantitative estimate of drug-likeness (QED) is 0.453. The molecule has 0 spiro atoms. The van der Waals surface area contributed by atoms with Crippen LogP contribution < -0.4 is 17.0 Å². The second-order valence-corrected chi connectivity index (χ2v) is 6.08. The molecule has 0 saturated heterocycles. The molecule has 1 nitrogen and oxygen atoms in total. The fourth-order valence-electron chi connectivity index (χ4n) is 3.04. The minimum atomic E-state index is 0. The highest BCUT2D eigenvalue weighted by atomic mass is 35.5. The summed E-state index contributed by atoms with van der Waals surface area (Å²) in [5.41, 5.74) is 4.06. The van der Waals surface area contributed by atoms with Crippen molar-refractivity contribution < 1.29 is 17.0 Å². The zero-order valence-corrected chi connectivity index (χ0v) is 15.1. The lowest BCUT2D eigenvalue weighted by Gasteiger charge is -2.09. The van der Waals surface area contributed by atoms with E-state index in [1.165, 1.54) is 23.1 Å². The number of hydrogen-bond acceptors (Lipinski definition) is 0. The molecule has 0 amide bonds. The summed E-state index contributed by atoms with van der Waals surface area (Å²) in [5, 5.41) is 0. The third-order valence-corrected chi connectivity index (χ3v) is 4.38. The number of allylic oxidation sites excluding steroid dienone is 1. The van der Waals surface area contributed by atoms with E-state index in [0.29, 0.717) is 0 Å². The van der Waals surface area contributed by atoms with Crippen LogP contribution in [0.25, 0.3) is 0 Å². The summed E-state index contributed by atoms with van der Waals surface area (Å²) in [6, 6.07) is 25.8. The molecule has 3 aromatic rings. The molecule has 1 unspecified atom stereocenters. The van der Waals surface area contributed by atoms with Crippen molar-refractivity contribution in [2.24, 2.45) is 0 Å². The molecule has 3 rings (SSSR count). The van der Waals surface area contributed by atoms with Gasteiger partial charge >= 0.3 is 0 Å². The average Bonchev–Trinajstić information content (AvgIpc) is 2.65. The molecular formula is C23H24ClN. The molecular weight excluding hydrogens is 326 g/mol. The fraction of sp³-hybridized carbons (Fsp3) is 0.174. The maximum absolute atomic E-state index is 4.00. The van der Waals surface area contributed by atoms with Gasteiger partial charge in [0.15, 0.2) is 12.4 Å². The van der Waals surface area contributed by atoms with E-state index in [2.05, 4.69) is 90.3 Å². The molecule has 0 bridgehead atoms. The lowest BCUT2D eigenvalue weighted by molar-refractivity contribution is -0.703. The number of aromatic nitrogens is 1. The number of hydrogen-bond donors (Lipinski definition) is 0. The second-order valence-electron chi connectivity index (χ2n) is 6.08. The lowest BCUT2D eigenvalue weighted by atomic mass is 10.0. The zero-order chi connectivity index (χ0) is 16.6. The SMILES string of the molecule is C=CC(c1ccccc1)[n+]1ccc(CCCc2ccccc2)cc1.[Cl-]. The van der Waals surface area contributed by atoms with Gasteiger partial charge in [-0.2, -0.15) is 4.57 Å². The van der Waals surface area contributed by atoms with Crippen molar-refractivity contribution in [1.82, 2.24) is 0 Å². The van der Waals surface area contributed by atoms with Gasteiger partial charge in [-0.15, -0.1) is 0 Å². The highest BCUT2D eigenvalue weighted by molar-refractivity contribution is 5.20. The van der Waals surface area contributed by atoms with Gasteiger partial charge in [-0.05, 0) is 36.5 Å². The zero-order valence-electron chi connectivity index (χ0n) is 14.4. The predicted molar refractivity (Wildman–Crippen MR) is 99.9 cm³/mol. The molecule has 2 heteroatoms. The lowest BCUT2D eigenvalue weighted by Crippen LogP contribution is -3.00. The van der Waals surface area contributed by atoms with Crippen LogP contribution in [0.4, 0.5) is 0 Å². The highest BCUT2D eigenvalue weighted by Gasteiger charge is 2.16. The molecule has 0 aliphatic carbocycles. The molecule has 0 aliphatic heterocycles. The molecule has 2 aromatic carbocycles. The normalized spacial score (nSPS) is 11.4. The first-order chi connectivity index (χ1) is 11.9. The van der Waals surface area contributed by atoms with Gasteiger partial charge in [-0.1, -0.05) is 67.2 Å². The third kappa shape index (κ3) is 5.30. The van der Waals surface area contributed by atoms with Crippen molar-refractivity contribution in [1.29, 1.82) is 0 Å². The fourth-order valence-corrected chi connectivity index (χ4v) is 3.04. The summed E-state index contributed by atoms with van der Waals surface area (Å²) in [7, 11) is 0. The van der Waals surface area contributed by atoms with Gasteiger partial charge < -0.3 is 12.4 Å². The molecule has 1 heterocycles. The number of nitrogens with zero attached hydrogens (tertiary/aromatic N) is 1. The number of pyridine rings is 1. The van der Waals surface area contributed by atoms with Crippen LogP contribution in [-0.4, -0.2) is 0 Å². The van der Waals surface area contributed by atoms with Crippen molar-refractivity contribution >= 4 is 0 Å². The van der Waals surface area contributed by atoms with Crippen molar-refractivity contribution in [3.05, 3.63) is 115 Å². The molecule has 128 valence electrons. The van der Waals surface area contributed by atoms with Crippen LogP contribution in [0.15, 0.2) is 97.8 Å². The Labute approximate surface area is 157 Å². The van der Waals surface area contributed by atoms with Crippen molar-refractivity contribution in [2.45, 2.75) is 25.3 Å². The van der Waals surface area contributed by atoms with Gasteiger partial charge in [0.1, 0.15) is 0 Å². The third-order valence-electron chi connectivity index (χ3n) is 4.38. The summed E-state index contributed by atoms with van der Waals surface area (Å²) < 4.78 is 2.21. The second kappa shape index (κ2) is 9.80. The van der Waals surface area contributed by atoms with E-state index in [9.17, 15) is 0 Å². The van der Waals surface area contributed by atoms with Gasteiger partial charge in [0.25, 0.3) is 0 Å². The van der Waals surface area contributed by atoms with Gasteiger partial charge in [-0.25, -0.2) is 0 Å². The summed E-state index contributed by atoms with van der Waals surface area (Å²) in [4.78, 5) is 0. The Balaban J connectivity index is 0.00000225. The first-order valence-electron chi connectivity index (χ1n) is 8.58. The molecule has 0 N–H and O–H groups in total. The van der Waals surface area contributed by atoms with Gasteiger partial charge in [0, 0.05) is 17.7 Å². The van der Waals surface area contributed by atoms with E-state index >= 15 is 0 Å². The van der Waals surface area contributed by atoms with Crippen LogP contribution in [0, 0.1) is 0 Å². The first kappa shape index (κ1) is 19.0. The molecule has 0 radical (unpaired) electrons. The predicted octanol–water partition coefficient (Wildman–Crippen LogP) is 1.93. The number of benzene rings is 2. The Morgan fingerprint density at radius 2 is 1.28 bits per heavy atom. The number of rotatable bonds is 7.